The van der Waals surface area contributed by atoms with Gasteiger partial charge in [-0.2, -0.15) is 5.06 Å². The molecule has 246 valence electrons. The number of carbonyl (C=O) groups is 5. The second-order valence-corrected chi connectivity index (χ2v) is 13.0. The summed E-state index contributed by atoms with van der Waals surface area (Å²) >= 11 is 17.2. The van der Waals surface area contributed by atoms with Crippen molar-refractivity contribution in [2.24, 2.45) is 5.73 Å². The molecule has 2 atom stereocenters. The van der Waals surface area contributed by atoms with E-state index in [-0.39, 0.29) is 24.1 Å². The molecule has 2 N–H and O–H groups in total. The molecule has 0 spiro atoms. The number of carbonyl (C=O) groups excluding carboxylic acids is 5. The normalized spacial score (nSPS) is 19.4. The molecule has 2 aliphatic rings. The fourth-order valence-corrected chi connectivity index (χ4v) is 5.42. The second kappa shape index (κ2) is 14.3. The number of halogens is 3. The molecule has 2 saturated heterocycles. The van der Waals surface area contributed by atoms with Crippen molar-refractivity contribution in [3.8, 4) is 0 Å². The zero-order chi connectivity index (χ0) is 33.8. The molecular weight excluding hydrogens is 677 g/mol. The molecule has 0 aromatic heterocycles. The summed E-state index contributed by atoms with van der Waals surface area (Å²) < 4.78 is 14.7. The number of benzene rings is 3. The van der Waals surface area contributed by atoms with Crippen LogP contribution in [0, 0.1) is 0 Å². The topological polar surface area (TPSA) is 155 Å². The van der Waals surface area contributed by atoms with Crippen molar-refractivity contribution >= 4 is 70.2 Å². The van der Waals surface area contributed by atoms with Crippen molar-refractivity contribution in [3.63, 3.8) is 0 Å². The number of hydroxylamine groups is 2. The van der Waals surface area contributed by atoms with E-state index in [1.165, 1.54) is 24.3 Å². The number of cyclic esters (lactones) is 1. The number of esters is 3. The van der Waals surface area contributed by atoms with Gasteiger partial charge in [0.2, 0.25) is 9.70 Å². The Morgan fingerprint density at radius 1 is 0.957 bits per heavy atom. The molecule has 2 amide bonds. The smallest absolute Gasteiger partial charge is 0.376 e. The molecule has 3 aromatic carbocycles. The monoisotopic (exact) mass is 703 g/mol. The highest BCUT2D eigenvalue weighted by Gasteiger charge is 2.61. The van der Waals surface area contributed by atoms with Crippen LogP contribution < -0.4 is 10.6 Å². The molecule has 0 bridgehead atoms. The number of rotatable bonds is 10. The highest BCUT2D eigenvalue weighted by molar-refractivity contribution is 6.67. The van der Waals surface area contributed by atoms with Gasteiger partial charge in [0, 0.05) is 6.42 Å². The second-order valence-electron chi connectivity index (χ2n) is 10.5. The third-order valence-electron chi connectivity index (χ3n) is 7.38. The van der Waals surface area contributed by atoms with Crippen molar-refractivity contribution in [1.82, 2.24) is 5.06 Å². The highest BCUT2D eigenvalue weighted by Crippen LogP contribution is 2.39. The number of anilines is 1. The Balaban J connectivity index is 1.47. The Morgan fingerprint density at radius 3 is 2.11 bits per heavy atom. The summed E-state index contributed by atoms with van der Waals surface area (Å²) in [6.45, 7) is -1.66. The summed E-state index contributed by atoms with van der Waals surface area (Å²) in [7, 11) is 0. The van der Waals surface area contributed by atoms with Gasteiger partial charge >= 0.3 is 23.6 Å². The van der Waals surface area contributed by atoms with Crippen LogP contribution in [-0.2, 0) is 38.2 Å². The Morgan fingerprint density at radius 2 is 1.55 bits per heavy atom. The summed E-state index contributed by atoms with van der Waals surface area (Å²) in [5.41, 5.74) is 4.43. The lowest BCUT2D eigenvalue weighted by molar-refractivity contribution is -0.260. The summed E-state index contributed by atoms with van der Waals surface area (Å²) in [4.78, 5) is 73.6. The lowest BCUT2D eigenvalue weighted by Crippen LogP contribution is -2.58. The minimum atomic E-state index is -2.31. The van der Waals surface area contributed by atoms with Crippen LogP contribution in [0.15, 0.2) is 84.9 Å². The molecule has 2 aliphatic heterocycles. The van der Waals surface area contributed by atoms with Gasteiger partial charge < -0.3 is 19.9 Å². The van der Waals surface area contributed by atoms with E-state index in [1.54, 1.807) is 60.7 Å². The molecule has 15 heteroatoms. The number of amides is 2. The standard InChI is InChI=1S/C32H28Cl3N3O9/c33-32(34,35)19-44-29(42)22-13-7-8-14-23(22)37(25(39)17-36)24-18-45-38(28(24)41)31(16-15-26(40)47-31)30(43)46-27(20-9-3-1-4-10-20)21-11-5-2-6-12-21/h1-14,24,27H,15-19,36H2/t24-,31?/m0/s1. The number of nitrogens with zero attached hydrogens (tertiary/aromatic N) is 2. The van der Waals surface area contributed by atoms with E-state index in [9.17, 15) is 24.0 Å². The maximum Gasteiger partial charge on any atom is 0.376 e. The predicted molar refractivity (Wildman–Crippen MR) is 169 cm³/mol. The highest BCUT2D eigenvalue weighted by atomic mass is 35.6. The van der Waals surface area contributed by atoms with Gasteiger partial charge in [-0.05, 0) is 23.3 Å². The first-order valence-electron chi connectivity index (χ1n) is 14.3. The van der Waals surface area contributed by atoms with Crippen molar-refractivity contribution < 1.29 is 43.0 Å². The van der Waals surface area contributed by atoms with Gasteiger partial charge in [-0.15, -0.1) is 0 Å². The number of para-hydroxylation sites is 1. The van der Waals surface area contributed by atoms with Crippen molar-refractivity contribution in [1.29, 1.82) is 0 Å². The first kappa shape index (κ1) is 34.1. The number of hydrogen-bond acceptors (Lipinski definition) is 10. The Bertz CT molecular complexity index is 1620. The van der Waals surface area contributed by atoms with Gasteiger partial charge in [0.1, 0.15) is 19.3 Å². The SMILES string of the molecule is NCC(=O)N(c1ccccc1C(=O)OCC(Cl)(Cl)Cl)[C@H]1CON(C2(C(=O)OC(c3ccccc3)c3ccccc3)CCC(=O)O2)C1=O. The summed E-state index contributed by atoms with van der Waals surface area (Å²) in [6, 6.07) is 22.0. The lowest BCUT2D eigenvalue weighted by Gasteiger charge is -2.34. The average molecular weight is 705 g/mol. The van der Waals surface area contributed by atoms with E-state index >= 15 is 0 Å². The summed E-state index contributed by atoms with van der Waals surface area (Å²) in [5.74, 6) is -4.50. The van der Waals surface area contributed by atoms with Gasteiger partial charge in [0.05, 0.1) is 24.2 Å². The summed E-state index contributed by atoms with van der Waals surface area (Å²) in [6.07, 6.45) is -1.45. The molecule has 0 aliphatic carbocycles. The number of nitrogens with two attached hydrogens (primary N) is 1. The fraction of sp³-hybridized carbons (Fsp3) is 0.281. The van der Waals surface area contributed by atoms with Crippen molar-refractivity contribution in [2.45, 2.75) is 34.5 Å². The average Bonchev–Trinajstić information content (AvgIpc) is 3.66. The molecule has 47 heavy (non-hydrogen) atoms. The molecule has 12 nitrogen and oxygen atoms in total. The van der Waals surface area contributed by atoms with Gasteiger partial charge in [0.15, 0.2) is 6.10 Å². The molecule has 5 rings (SSSR count). The minimum Gasteiger partial charge on any atom is -0.457 e. The maximum atomic E-state index is 14.1. The number of ether oxygens (including phenoxy) is 3. The van der Waals surface area contributed by atoms with Gasteiger partial charge in [0.25, 0.3) is 5.91 Å². The van der Waals surface area contributed by atoms with Crippen LogP contribution in [0.1, 0.15) is 40.4 Å². The first-order valence-corrected chi connectivity index (χ1v) is 15.4. The zero-order valence-electron chi connectivity index (χ0n) is 24.6. The lowest BCUT2D eigenvalue weighted by atomic mass is 10.0. The minimum absolute atomic E-state index is 0.0608. The van der Waals surface area contributed by atoms with Crippen molar-refractivity contribution in [3.05, 3.63) is 102 Å². The van der Waals surface area contributed by atoms with E-state index in [2.05, 4.69) is 0 Å². The Hall–Kier alpha value is -4.20. The van der Waals surface area contributed by atoms with E-state index < -0.39 is 71.1 Å². The maximum absolute atomic E-state index is 14.1. The quantitative estimate of drug-likeness (QED) is 0.186. The molecule has 0 saturated carbocycles. The molecule has 2 fully saturated rings. The molecule has 1 unspecified atom stereocenters. The van der Waals surface area contributed by atoms with Crippen LogP contribution in [0.25, 0.3) is 0 Å². The van der Waals surface area contributed by atoms with E-state index in [0.29, 0.717) is 16.2 Å². The van der Waals surface area contributed by atoms with Gasteiger partial charge in [-0.25, -0.2) is 9.59 Å². The predicted octanol–water partition coefficient (Wildman–Crippen LogP) is 4.01. The molecule has 3 aromatic rings. The van der Waals surface area contributed by atoms with Gasteiger partial charge in [-0.1, -0.05) is 108 Å². The van der Waals surface area contributed by atoms with E-state index in [4.69, 9.17) is 59.6 Å². The molecule has 2 heterocycles. The summed E-state index contributed by atoms with van der Waals surface area (Å²) in [5, 5.41) is 0.624. The van der Waals surface area contributed by atoms with Crippen LogP contribution >= 0.6 is 34.8 Å². The Kier molecular flexibility index (Phi) is 10.4. The largest absolute Gasteiger partial charge is 0.457 e. The zero-order valence-corrected chi connectivity index (χ0v) is 26.8. The van der Waals surface area contributed by atoms with Crippen LogP contribution in [0.3, 0.4) is 0 Å². The van der Waals surface area contributed by atoms with Crippen LogP contribution in [0.5, 0.6) is 0 Å². The van der Waals surface area contributed by atoms with E-state index in [1.807, 2.05) is 0 Å². The van der Waals surface area contributed by atoms with Crippen LogP contribution in [0.4, 0.5) is 5.69 Å². The Labute approximate surface area is 284 Å². The number of hydrogen-bond donors (Lipinski definition) is 1. The van der Waals surface area contributed by atoms with Crippen molar-refractivity contribution in [2.75, 3.05) is 24.7 Å². The molecular formula is C32H28Cl3N3O9. The fourth-order valence-electron chi connectivity index (χ4n) is 5.25. The number of alkyl halides is 3. The van der Waals surface area contributed by atoms with E-state index in [0.717, 1.165) is 4.90 Å². The third kappa shape index (κ3) is 7.37. The first-order chi connectivity index (χ1) is 22.4. The third-order valence-corrected chi connectivity index (χ3v) is 7.71. The van der Waals surface area contributed by atoms with Crippen LogP contribution in [-0.4, -0.2) is 70.1 Å². The van der Waals surface area contributed by atoms with Gasteiger partial charge in [-0.3, -0.25) is 24.1 Å². The van der Waals surface area contributed by atoms with Crippen LogP contribution in [0.2, 0.25) is 0 Å². The molecule has 0 radical (unpaired) electrons.